The summed E-state index contributed by atoms with van der Waals surface area (Å²) in [5.41, 5.74) is 7.73. The molecule has 1 saturated carbocycles. The Morgan fingerprint density at radius 3 is 2.52 bits per heavy atom. The summed E-state index contributed by atoms with van der Waals surface area (Å²) in [6, 6.07) is 8.53. The third-order valence-corrected chi connectivity index (χ3v) is 4.68. The first kappa shape index (κ1) is 17.0. The van der Waals surface area contributed by atoms with Gasteiger partial charge in [-0.2, -0.15) is 5.26 Å². The van der Waals surface area contributed by atoms with Crippen LogP contribution >= 0.6 is 0 Å². The van der Waals surface area contributed by atoms with Crippen LogP contribution in [0.15, 0.2) is 40.7 Å². The Morgan fingerprint density at radius 1 is 1.24 bits per heavy atom. The van der Waals surface area contributed by atoms with Gasteiger partial charge in [0, 0.05) is 18.6 Å². The van der Waals surface area contributed by atoms with Gasteiger partial charge in [-0.05, 0) is 30.5 Å². The highest BCUT2D eigenvalue weighted by Crippen LogP contribution is 2.32. The quantitative estimate of drug-likeness (QED) is 0.667. The van der Waals surface area contributed by atoms with Crippen molar-refractivity contribution in [2.75, 3.05) is 0 Å². The number of nitro groups is 1. The summed E-state index contributed by atoms with van der Waals surface area (Å²) in [6.07, 6.45) is 5.67. The van der Waals surface area contributed by atoms with Crippen LogP contribution in [0.3, 0.4) is 0 Å². The van der Waals surface area contributed by atoms with Crippen LogP contribution in [0, 0.1) is 21.4 Å². The Hall–Kier alpha value is -2.88. The molecule has 0 saturated heterocycles. The van der Waals surface area contributed by atoms with Crippen molar-refractivity contribution in [3.63, 3.8) is 0 Å². The van der Waals surface area contributed by atoms with E-state index in [1.165, 1.54) is 18.6 Å². The molecular weight excluding hydrogens is 320 g/mol. The van der Waals surface area contributed by atoms with Crippen LogP contribution in [-0.2, 0) is 4.74 Å². The molecule has 25 heavy (non-hydrogen) atoms. The summed E-state index contributed by atoms with van der Waals surface area (Å²) in [4.78, 5) is 15.1. The summed E-state index contributed by atoms with van der Waals surface area (Å²) in [5, 5.41) is 20.2. The molecule has 0 bridgehead atoms. The predicted molar refractivity (Wildman–Crippen MR) is 92.7 cm³/mol. The highest BCUT2D eigenvalue weighted by atomic mass is 16.6. The van der Waals surface area contributed by atoms with Gasteiger partial charge in [-0.1, -0.05) is 19.3 Å². The van der Waals surface area contributed by atoms with Gasteiger partial charge in [0.15, 0.2) is 0 Å². The van der Waals surface area contributed by atoms with Crippen molar-refractivity contribution in [1.82, 2.24) is 0 Å². The summed E-state index contributed by atoms with van der Waals surface area (Å²) < 4.78 is 5.68. The zero-order valence-corrected chi connectivity index (χ0v) is 13.9. The van der Waals surface area contributed by atoms with E-state index in [4.69, 9.17) is 15.5 Å². The maximum atomic E-state index is 10.8. The van der Waals surface area contributed by atoms with Crippen molar-refractivity contribution in [2.45, 2.75) is 50.7 Å². The van der Waals surface area contributed by atoms with Crippen LogP contribution in [-0.4, -0.2) is 16.7 Å². The van der Waals surface area contributed by atoms with E-state index in [1.54, 1.807) is 12.1 Å². The number of nitro benzene ring substituents is 1. The van der Waals surface area contributed by atoms with Gasteiger partial charge in [-0.15, -0.1) is 0 Å². The number of rotatable bonds is 3. The minimum absolute atomic E-state index is 0.0249. The maximum absolute atomic E-state index is 10.8. The standard InChI is InChI=1S/C18H20N4O3/c19-11-15-16(21-13-4-2-1-3-5-13)10-17(25-18(15)20)12-6-8-14(9-7-12)22(23)24/h6-9,13,17H,1-5,10,20H2. The highest BCUT2D eigenvalue weighted by Gasteiger charge is 2.29. The molecule has 0 aromatic heterocycles. The lowest BCUT2D eigenvalue weighted by Crippen LogP contribution is -2.26. The number of nitriles is 1. The van der Waals surface area contributed by atoms with Crippen molar-refractivity contribution in [3.05, 3.63) is 51.4 Å². The number of ether oxygens (including phenoxy) is 1. The molecule has 1 unspecified atom stereocenters. The second kappa shape index (κ2) is 7.34. The van der Waals surface area contributed by atoms with Crippen LogP contribution in [0.5, 0.6) is 0 Å². The number of non-ortho nitro benzene ring substituents is 1. The summed E-state index contributed by atoms with van der Waals surface area (Å²) in [7, 11) is 0. The normalized spacial score (nSPS) is 23.2. The summed E-state index contributed by atoms with van der Waals surface area (Å²) >= 11 is 0. The molecule has 2 aliphatic rings. The Labute approximate surface area is 146 Å². The number of hydrogen-bond donors (Lipinski definition) is 1. The number of allylic oxidation sites excluding steroid dienone is 1. The lowest BCUT2D eigenvalue weighted by Gasteiger charge is -2.27. The van der Waals surface area contributed by atoms with Gasteiger partial charge in [0.05, 0.1) is 16.7 Å². The van der Waals surface area contributed by atoms with Crippen molar-refractivity contribution < 1.29 is 9.66 Å². The number of nitrogens with two attached hydrogens (primary N) is 1. The molecular formula is C18H20N4O3. The molecule has 0 amide bonds. The molecule has 2 N–H and O–H groups in total. The van der Waals surface area contributed by atoms with E-state index in [9.17, 15) is 15.4 Å². The summed E-state index contributed by atoms with van der Waals surface area (Å²) in [6.45, 7) is 0. The fourth-order valence-electron chi connectivity index (χ4n) is 3.34. The number of nitrogens with zero attached hydrogens (tertiary/aromatic N) is 3. The van der Waals surface area contributed by atoms with E-state index >= 15 is 0 Å². The second-order valence-electron chi connectivity index (χ2n) is 6.38. The highest BCUT2D eigenvalue weighted by molar-refractivity contribution is 6.04. The van der Waals surface area contributed by atoms with Crippen LogP contribution in [0.4, 0.5) is 5.69 Å². The van der Waals surface area contributed by atoms with Crippen LogP contribution in [0.2, 0.25) is 0 Å². The Kier molecular flexibility index (Phi) is 4.98. The van der Waals surface area contributed by atoms with Gasteiger partial charge < -0.3 is 10.5 Å². The molecule has 3 rings (SSSR count). The van der Waals surface area contributed by atoms with Crippen LogP contribution in [0.25, 0.3) is 0 Å². The van der Waals surface area contributed by atoms with Gasteiger partial charge >= 0.3 is 0 Å². The largest absolute Gasteiger partial charge is 0.470 e. The zero-order valence-electron chi connectivity index (χ0n) is 13.9. The first-order valence-electron chi connectivity index (χ1n) is 8.46. The number of hydrogen-bond acceptors (Lipinski definition) is 6. The molecule has 7 nitrogen and oxygen atoms in total. The van der Waals surface area contributed by atoms with Crippen molar-refractivity contribution in [3.8, 4) is 6.07 Å². The van der Waals surface area contributed by atoms with Crippen molar-refractivity contribution in [1.29, 1.82) is 5.26 Å². The third-order valence-electron chi connectivity index (χ3n) is 4.68. The zero-order chi connectivity index (χ0) is 17.8. The fraction of sp³-hybridized carbons (Fsp3) is 0.444. The SMILES string of the molecule is N#CC1=C(N)OC(c2ccc([N+](=O)[O-])cc2)CC1=NC1CCCCC1. The van der Waals surface area contributed by atoms with E-state index in [1.807, 2.05) is 0 Å². The van der Waals surface area contributed by atoms with Crippen molar-refractivity contribution >= 4 is 11.4 Å². The molecule has 0 spiro atoms. The number of aliphatic imine (C=N–C) groups is 1. The van der Waals surface area contributed by atoms with E-state index in [2.05, 4.69) is 6.07 Å². The van der Waals surface area contributed by atoms with Gasteiger partial charge in [-0.25, -0.2) is 0 Å². The van der Waals surface area contributed by atoms with Crippen molar-refractivity contribution in [2.24, 2.45) is 10.7 Å². The first-order valence-corrected chi connectivity index (χ1v) is 8.46. The summed E-state index contributed by atoms with van der Waals surface area (Å²) in [5.74, 6) is 0.0756. The van der Waals surface area contributed by atoms with Crippen LogP contribution < -0.4 is 5.73 Å². The third kappa shape index (κ3) is 3.79. The van der Waals surface area contributed by atoms with E-state index in [0.29, 0.717) is 17.7 Å². The maximum Gasteiger partial charge on any atom is 0.269 e. The minimum Gasteiger partial charge on any atom is -0.470 e. The molecule has 1 aromatic carbocycles. The second-order valence-corrected chi connectivity index (χ2v) is 6.38. The van der Waals surface area contributed by atoms with Gasteiger partial charge in [0.1, 0.15) is 17.7 Å². The van der Waals surface area contributed by atoms with E-state index in [0.717, 1.165) is 31.2 Å². The predicted octanol–water partition coefficient (Wildman–Crippen LogP) is 3.52. The molecule has 1 aromatic rings. The molecule has 130 valence electrons. The molecule has 1 aliphatic carbocycles. The monoisotopic (exact) mass is 340 g/mol. The fourth-order valence-corrected chi connectivity index (χ4v) is 3.34. The van der Waals surface area contributed by atoms with Gasteiger partial charge in [0.25, 0.3) is 5.69 Å². The van der Waals surface area contributed by atoms with Crippen LogP contribution in [0.1, 0.15) is 50.2 Å². The molecule has 7 heteroatoms. The lowest BCUT2D eigenvalue weighted by atomic mass is 9.93. The number of benzene rings is 1. The molecule has 0 radical (unpaired) electrons. The average Bonchev–Trinajstić information content (AvgIpc) is 2.62. The molecule has 1 aliphatic heterocycles. The Balaban J connectivity index is 1.86. The van der Waals surface area contributed by atoms with Gasteiger partial charge in [0.2, 0.25) is 5.88 Å². The minimum atomic E-state index is -0.441. The van der Waals surface area contributed by atoms with Gasteiger partial charge in [-0.3, -0.25) is 15.1 Å². The molecule has 1 atom stereocenters. The van der Waals surface area contributed by atoms with E-state index in [-0.39, 0.29) is 23.7 Å². The lowest BCUT2D eigenvalue weighted by molar-refractivity contribution is -0.384. The smallest absolute Gasteiger partial charge is 0.269 e. The Morgan fingerprint density at radius 2 is 1.92 bits per heavy atom. The molecule has 1 heterocycles. The van der Waals surface area contributed by atoms with E-state index < -0.39 is 4.92 Å². The topological polar surface area (TPSA) is 115 Å². The first-order chi connectivity index (χ1) is 12.1. The Bertz CT molecular complexity index is 756. The molecule has 1 fully saturated rings. The average molecular weight is 340 g/mol.